The van der Waals surface area contributed by atoms with Crippen molar-refractivity contribution in [2.75, 3.05) is 0 Å². The quantitative estimate of drug-likeness (QED) is 0.226. The lowest BCUT2D eigenvalue weighted by Crippen LogP contribution is -2.12. The Balaban J connectivity index is 1.55. The van der Waals surface area contributed by atoms with Gasteiger partial charge in [0.1, 0.15) is 0 Å². The number of nitrogens with zero attached hydrogens (tertiary/aromatic N) is 1. The minimum Gasteiger partial charge on any atom is -0.247 e. The van der Waals surface area contributed by atoms with Crippen LogP contribution in [0.4, 0.5) is 0 Å². The van der Waals surface area contributed by atoms with Gasteiger partial charge in [-0.05, 0) is 93.2 Å². The van der Waals surface area contributed by atoms with Gasteiger partial charge in [-0.3, -0.25) is 0 Å². The molecule has 0 fully saturated rings. The number of benzene rings is 3. The van der Waals surface area contributed by atoms with Gasteiger partial charge >= 0.3 is 0 Å². The van der Waals surface area contributed by atoms with E-state index in [1.165, 1.54) is 58.3 Å². The van der Waals surface area contributed by atoms with E-state index in [1.807, 2.05) is 11.3 Å². The summed E-state index contributed by atoms with van der Waals surface area (Å²) in [5.74, 6) is 0.657. The lowest BCUT2D eigenvalue weighted by atomic mass is 9.82. The fourth-order valence-corrected chi connectivity index (χ4v) is 7.50. The molecule has 0 aliphatic rings. The zero-order chi connectivity index (χ0) is 25.9. The molecular weight excluding hydrogens is 487 g/mol. The molecule has 6 aromatic rings. The molecule has 0 unspecified atom stereocenters. The molecule has 0 radical (unpaired) electrons. The molecular formula is C34H33NS2. The summed E-state index contributed by atoms with van der Waals surface area (Å²) in [5.41, 5.74) is 8.78. The molecule has 186 valence electrons. The van der Waals surface area contributed by atoms with Crippen LogP contribution in [0.3, 0.4) is 0 Å². The summed E-state index contributed by atoms with van der Waals surface area (Å²) in [6.45, 7) is 13.8. The standard InChI is InChI=1S/C34H33NS2/c1-20(2)15-27-21(3)37-32-18-23(11-12-26(27)32)28-19-31(35-30-13-14-36-33(28)30)24-16-22-9-7-8-10-25(22)29(17-24)34(4,5)6/h7-14,16-20H,15H2,1-6H3. The first-order valence-corrected chi connectivity index (χ1v) is 14.8. The van der Waals surface area contributed by atoms with E-state index in [0.29, 0.717) is 5.92 Å². The highest BCUT2D eigenvalue weighted by Gasteiger charge is 2.20. The average molecular weight is 520 g/mol. The molecule has 0 bridgehead atoms. The van der Waals surface area contributed by atoms with Gasteiger partial charge in [-0.15, -0.1) is 22.7 Å². The molecule has 3 aromatic heterocycles. The Bertz CT molecular complexity index is 1780. The van der Waals surface area contributed by atoms with Crippen LogP contribution in [-0.2, 0) is 11.8 Å². The Hall–Kier alpha value is -3.01. The second kappa shape index (κ2) is 9.08. The van der Waals surface area contributed by atoms with E-state index < -0.39 is 0 Å². The second-order valence-electron chi connectivity index (χ2n) is 11.6. The highest BCUT2D eigenvalue weighted by atomic mass is 32.1. The molecule has 0 saturated carbocycles. The van der Waals surface area contributed by atoms with Crippen molar-refractivity contribution in [1.29, 1.82) is 0 Å². The van der Waals surface area contributed by atoms with Gasteiger partial charge in [0.25, 0.3) is 0 Å². The maximum Gasteiger partial charge on any atom is 0.0823 e. The van der Waals surface area contributed by atoms with Crippen molar-refractivity contribution >= 4 is 53.7 Å². The summed E-state index contributed by atoms with van der Waals surface area (Å²) in [6.07, 6.45) is 1.14. The number of rotatable bonds is 4. The molecule has 0 N–H and O–H groups in total. The van der Waals surface area contributed by atoms with Gasteiger partial charge in [-0.1, -0.05) is 71.0 Å². The smallest absolute Gasteiger partial charge is 0.0823 e. The van der Waals surface area contributed by atoms with E-state index in [4.69, 9.17) is 4.98 Å². The van der Waals surface area contributed by atoms with E-state index in [0.717, 1.165) is 17.6 Å². The van der Waals surface area contributed by atoms with Crippen LogP contribution >= 0.6 is 22.7 Å². The molecule has 37 heavy (non-hydrogen) atoms. The minimum absolute atomic E-state index is 0.0423. The first-order chi connectivity index (χ1) is 17.7. The topological polar surface area (TPSA) is 12.9 Å². The van der Waals surface area contributed by atoms with Gasteiger partial charge in [0.05, 0.1) is 15.9 Å². The predicted octanol–water partition coefficient (Wildman–Crippen LogP) is 10.8. The van der Waals surface area contributed by atoms with Gasteiger partial charge < -0.3 is 0 Å². The van der Waals surface area contributed by atoms with Gasteiger partial charge in [-0.25, -0.2) is 4.98 Å². The van der Waals surface area contributed by atoms with Crippen LogP contribution in [0.1, 0.15) is 50.6 Å². The number of hydrogen-bond donors (Lipinski definition) is 0. The molecule has 3 heterocycles. The fourth-order valence-electron chi connectivity index (χ4n) is 5.50. The maximum atomic E-state index is 5.15. The first kappa shape index (κ1) is 24.3. The third-order valence-corrected chi connectivity index (χ3v) is 9.34. The van der Waals surface area contributed by atoms with Crippen molar-refractivity contribution in [2.24, 2.45) is 5.92 Å². The number of thiophene rings is 2. The fraction of sp³-hybridized carbons (Fsp3) is 0.265. The molecule has 0 saturated heterocycles. The van der Waals surface area contributed by atoms with Gasteiger partial charge in [-0.2, -0.15) is 0 Å². The summed E-state index contributed by atoms with van der Waals surface area (Å²) in [4.78, 5) is 6.60. The van der Waals surface area contributed by atoms with Crippen molar-refractivity contribution in [3.8, 4) is 22.4 Å². The number of fused-ring (bicyclic) bond motifs is 3. The van der Waals surface area contributed by atoms with Crippen LogP contribution in [-0.4, -0.2) is 4.98 Å². The van der Waals surface area contributed by atoms with Gasteiger partial charge in [0.2, 0.25) is 0 Å². The van der Waals surface area contributed by atoms with E-state index in [-0.39, 0.29) is 5.41 Å². The molecule has 3 heteroatoms. The molecule has 0 spiro atoms. The lowest BCUT2D eigenvalue weighted by molar-refractivity contribution is 0.596. The Morgan fingerprint density at radius 1 is 0.865 bits per heavy atom. The molecule has 0 atom stereocenters. The summed E-state index contributed by atoms with van der Waals surface area (Å²) in [6, 6.07) is 24.9. The Labute approximate surface area is 227 Å². The summed E-state index contributed by atoms with van der Waals surface area (Å²) in [7, 11) is 0. The lowest BCUT2D eigenvalue weighted by Gasteiger charge is -2.23. The molecule has 6 rings (SSSR count). The molecule has 0 amide bonds. The number of hydrogen-bond acceptors (Lipinski definition) is 3. The van der Waals surface area contributed by atoms with Crippen LogP contribution in [0, 0.1) is 12.8 Å². The maximum absolute atomic E-state index is 5.15. The van der Waals surface area contributed by atoms with Crippen molar-refractivity contribution < 1.29 is 0 Å². The van der Waals surface area contributed by atoms with Crippen LogP contribution in [0.2, 0.25) is 0 Å². The van der Waals surface area contributed by atoms with Gasteiger partial charge in [0, 0.05) is 20.7 Å². The normalized spacial score (nSPS) is 12.4. The van der Waals surface area contributed by atoms with Crippen LogP contribution in [0.5, 0.6) is 0 Å². The minimum atomic E-state index is 0.0423. The van der Waals surface area contributed by atoms with E-state index in [9.17, 15) is 0 Å². The van der Waals surface area contributed by atoms with Crippen LogP contribution in [0.25, 0.3) is 53.5 Å². The SMILES string of the molecule is Cc1sc2cc(-c3cc(-c4cc(C(C)(C)C)c5ccccc5c4)nc4ccsc34)ccc2c1CC(C)C. The third kappa shape index (κ3) is 4.39. The summed E-state index contributed by atoms with van der Waals surface area (Å²) >= 11 is 3.72. The number of pyridine rings is 1. The zero-order valence-corrected chi connectivity index (χ0v) is 24.1. The van der Waals surface area contributed by atoms with Gasteiger partial charge in [0.15, 0.2) is 0 Å². The van der Waals surface area contributed by atoms with Crippen molar-refractivity contribution in [1.82, 2.24) is 4.98 Å². The summed E-state index contributed by atoms with van der Waals surface area (Å²) in [5, 5.41) is 6.18. The third-order valence-electron chi connectivity index (χ3n) is 7.29. The monoisotopic (exact) mass is 519 g/mol. The Morgan fingerprint density at radius 3 is 2.46 bits per heavy atom. The van der Waals surface area contributed by atoms with Crippen LogP contribution < -0.4 is 0 Å². The molecule has 0 aliphatic heterocycles. The van der Waals surface area contributed by atoms with Crippen molar-refractivity contribution in [2.45, 2.75) is 53.4 Å². The first-order valence-electron chi connectivity index (χ1n) is 13.1. The highest BCUT2D eigenvalue weighted by Crippen LogP contribution is 2.41. The van der Waals surface area contributed by atoms with E-state index >= 15 is 0 Å². The van der Waals surface area contributed by atoms with Crippen molar-refractivity contribution in [3.63, 3.8) is 0 Å². The number of aryl methyl sites for hydroxylation is 1. The number of aromatic nitrogens is 1. The predicted molar refractivity (Wildman–Crippen MR) is 165 cm³/mol. The average Bonchev–Trinajstić information content (AvgIpc) is 3.45. The van der Waals surface area contributed by atoms with Crippen molar-refractivity contribution in [3.05, 3.63) is 88.1 Å². The van der Waals surface area contributed by atoms with Crippen LogP contribution in [0.15, 0.2) is 72.1 Å². The highest BCUT2D eigenvalue weighted by molar-refractivity contribution is 7.19. The second-order valence-corrected chi connectivity index (χ2v) is 13.8. The van der Waals surface area contributed by atoms with E-state index in [2.05, 4.69) is 114 Å². The Kier molecular flexibility index (Phi) is 5.97. The summed E-state index contributed by atoms with van der Waals surface area (Å²) < 4.78 is 2.64. The molecule has 1 nitrogen and oxygen atoms in total. The largest absolute Gasteiger partial charge is 0.247 e. The Morgan fingerprint density at radius 2 is 1.68 bits per heavy atom. The van der Waals surface area contributed by atoms with E-state index in [1.54, 1.807) is 11.3 Å². The molecule has 0 aliphatic carbocycles. The molecule has 3 aromatic carbocycles. The zero-order valence-electron chi connectivity index (χ0n) is 22.5.